The van der Waals surface area contributed by atoms with E-state index in [1.165, 1.54) is 17.7 Å². The third-order valence-corrected chi connectivity index (χ3v) is 3.53. The summed E-state index contributed by atoms with van der Waals surface area (Å²) in [6.45, 7) is 0.551. The van der Waals surface area contributed by atoms with Gasteiger partial charge in [-0.25, -0.2) is 14.5 Å². The molecule has 0 radical (unpaired) electrons. The lowest BCUT2D eigenvalue weighted by atomic mass is 10.2. The summed E-state index contributed by atoms with van der Waals surface area (Å²) in [5.41, 5.74) is 2.50. The summed E-state index contributed by atoms with van der Waals surface area (Å²) >= 11 is 1.53. The van der Waals surface area contributed by atoms with Gasteiger partial charge in [-0.2, -0.15) is 16.4 Å². The Morgan fingerprint density at radius 2 is 2.14 bits per heavy atom. The second-order valence-corrected chi connectivity index (χ2v) is 5.12. The summed E-state index contributed by atoms with van der Waals surface area (Å²) in [7, 11) is 0. The molecule has 0 aliphatic rings. The molecule has 1 aromatic carbocycles. The number of carbonyl (C=O) groups excluding carboxylic acids is 1. The van der Waals surface area contributed by atoms with Crippen LogP contribution in [-0.4, -0.2) is 20.8 Å². The Balaban J connectivity index is 1.71. The van der Waals surface area contributed by atoms with Gasteiger partial charge in [0.15, 0.2) is 0 Å². The molecule has 0 saturated carbocycles. The Morgan fingerprint density at radius 3 is 2.90 bits per heavy atom. The highest BCUT2D eigenvalue weighted by atomic mass is 32.1. The van der Waals surface area contributed by atoms with Crippen molar-refractivity contribution in [3.8, 4) is 0 Å². The molecule has 2 aromatic heterocycles. The van der Waals surface area contributed by atoms with Crippen molar-refractivity contribution in [1.29, 1.82) is 0 Å². The lowest BCUT2D eigenvalue weighted by Crippen LogP contribution is -2.20. The van der Waals surface area contributed by atoms with Crippen LogP contribution in [0.15, 0.2) is 53.7 Å². The molecule has 0 bridgehead atoms. The molecule has 106 valence electrons. The number of rotatable bonds is 4. The van der Waals surface area contributed by atoms with E-state index >= 15 is 0 Å². The fourth-order valence-corrected chi connectivity index (χ4v) is 2.48. The van der Waals surface area contributed by atoms with Crippen LogP contribution in [0.1, 0.15) is 5.56 Å². The van der Waals surface area contributed by atoms with Crippen LogP contribution < -0.4 is 10.6 Å². The molecule has 0 unspecified atom stereocenters. The summed E-state index contributed by atoms with van der Waals surface area (Å²) in [4.78, 5) is 15.9. The summed E-state index contributed by atoms with van der Waals surface area (Å²) in [6, 6.07) is 9.20. The van der Waals surface area contributed by atoms with E-state index in [9.17, 15) is 4.79 Å². The first-order valence-corrected chi connectivity index (χ1v) is 7.26. The van der Waals surface area contributed by atoms with Crippen LogP contribution in [0, 0.1) is 0 Å². The van der Waals surface area contributed by atoms with Crippen LogP contribution >= 0.6 is 11.3 Å². The van der Waals surface area contributed by atoms with E-state index in [1.54, 1.807) is 11.0 Å². The maximum absolute atomic E-state index is 12.0. The molecule has 0 aliphatic carbocycles. The highest BCUT2D eigenvalue weighted by Gasteiger charge is 2.07. The third kappa shape index (κ3) is 3.46. The molecular weight excluding hydrogens is 286 g/mol. The number of carbonyl (C=O) groups is 1. The van der Waals surface area contributed by atoms with Crippen LogP contribution in [0.3, 0.4) is 0 Å². The van der Waals surface area contributed by atoms with E-state index in [4.69, 9.17) is 0 Å². The van der Waals surface area contributed by atoms with Gasteiger partial charge in [-0.3, -0.25) is 0 Å². The van der Waals surface area contributed by atoms with E-state index in [-0.39, 0.29) is 6.03 Å². The summed E-state index contributed by atoms with van der Waals surface area (Å²) in [5.74, 6) is 0. The van der Waals surface area contributed by atoms with Gasteiger partial charge in [-0.15, -0.1) is 0 Å². The van der Waals surface area contributed by atoms with Crippen molar-refractivity contribution in [2.75, 3.05) is 10.6 Å². The second-order valence-electron chi connectivity index (χ2n) is 4.34. The number of aromatic nitrogens is 3. The topological polar surface area (TPSA) is 71.8 Å². The van der Waals surface area contributed by atoms with Gasteiger partial charge >= 0.3 is 6.03 Å². The maximum Gasteiger partial charge on any atom is 0.323 e. The van der Waals surface area contributed by atoms with Crippen molar-refractivity contribution in [2.45, 2.75) is 6.54 Å². The Morgan fingerprint density at radius 1 is 1.24 bits per heavy atom. The van der Waals surface area contributed by atoms with Crippen molar-refractivity contribution in [3.63, 3.8) is 0 Å². The summed E-state index contributed by atoms with van der Waals surface area (Å²) in [5, 5.41) is 13.5. The Bertz CT molecular complexity index is 709. The third-order valence-electron chi connectivity index (χ3n) is 2.84. The number of nitrogens with zero attached hydrogens (tertiary/aromatic N) is 3. The van der Waals surface area contributed by atoms with E-state index in [0.29, 0.717) is 6.54 Å². The van der Waals surface area contributed by atoms with Gasteiger partial charge in [-0.05, 0) is 23.1 Å². The first-order valence-electron chi connectivity index (χ1n) is 6.32. The average Bonchev–Trinajstić information content (AvgIpc) is 3.14. The standard InChI is InChI=1S/C14H13N5OS/c20-14(17-12-5-6-21-8-12)18-13-4-2-1-3-11(13)7-19-10-15-9-16-19/h1-6,8-10H,7H2,(H2,17,18,20). The smallest absolute Gasteiger partial charge is 0.307 e. The number of nitrogens with one attached hydrogen (secondary N) is 2. The molecule has 21 heavy (non-hydrogen) atoms. The van der Waals surface area contributed by atoms with Gasteiger partial charge < -0.3 is 10.6 Å². The van der Waals surface area contributed by atoms with Crippen LogP contribution in [0.25, 0.3) is 0 Å². The van der Waals surface area contributed by atoms with Crippen LogP contribution in [0.4, 0.5) is 16.2 Å². The largest absolute Gasteiger partial charge is 0.323 e. The predicted molar refractivity (Wildman–Crippen MR) is 82.5 cm³/mol. The van der Waals surface area contributed by atoms with E-state index < -0.39 is 0 Å². The van der Waals surface area contributed by atoms with Crippen LogP contribution in [0.2, 0.25) is 0 Å². The SMILES string of the molecule is O=C(Nc1ccsc1)Nc1ccccc1Cn1cncn1. The number of benzene rings is 1. The number of amides is 2. The molecule has 0 saturated heterocycles. The van der Waals surface area contributed by atoms with Crippen LogP contribution in [-0.2, 0) is 6.54 Å². The molecule has 7 heteroatoms. The highest BCUT2D eigenvalue weighted by molar-refractivity contribution is 7.08. The van der Waals surface area contributed by atoms with Gasteiger partial charge in [0, 0.05) is 11.1 Å². The Hall–Kier alpha value is -2.67. The molecule has 3 aromatic rings. The molecule has 0 spiro atoms. The Kier molecular flexibility index (Phi) is 3.92. The fourth-order valence-electron chi connectivity index (χ4n) is 1.89. The quantitative estimate of drug-likeness (QED) is 0.778. The normalized spacial score (nSPS) is 10.3. The van der Waals surface area contributed by atoms with Crippen molar-refractivity contribution in [1.82, 2.24) is 14.8 Å². The van der Waals surface area contributed by atoms with Crippen molar-refractivity contribution < 1.29 is 4.79 Å². The minimum Gasteiger partial charge on any atom is -0.307 e. The molecule has 0 atom stereocenters. The molecular formula is C14H13N5OS. The number of thiophene rings is 1. The predicted octanol–water partition coefficient (Wildman–Crippen LogP) is 3.03. The van der Waals surface area contributed by atoms with Crippen molar-refractivity contribution >= 4 is 28.7 Å². The molecule has 2 N–H and O–H groups in total. The van der Waals surface area contributed by atoms with E-state index in [2.05, 4.69) is 20.7 Å². The number of hydrogen-bond donors (Lipinski definition) is 2. The van der Waals surface area contributed by atoms with E-state index in [0.717, 1.165) is 16.9 Å². The Labute approximate surface area is 125 Å². The maximum atomic E-state index is 12.0. The minimum absolute atomic E-state index is 0.264. The van der Waals surface area contributed by atoms with Crippen LogP contribution in [0.5, 0.6) is 0 Å². The van der Waals surface area contributed by atoms with Crippen molar-refractivity contribution in [3.05, 3.63) is 59.3 Å². The van der Waals surface area contributed by atoms with Gasteiger partial charge in [0.05, 0.1) is 12.2 Å². The fraction of sp³-hybridized carbons (Fsp3) is 0.0714. The number of para-hydroxylation sites is 1. The zero-order chi connectivity index (χ0) is 14.5. The molecule has 0 fully saturated rings. The van der Waals surface area contributed by atoms with Crippen molar-refractivity contribution in [2.24, 2.45) is 0 Å². The van der Waals surface area contributed by atoms with Gasteiger partial charge in [0.1, 0.15) is 12.7 Å². The molecule has 2 amide bonds. The first-order chi connectivity index (χ1) is 10.3. The molecule has 0 aliphatic heterocycles. The average molecular weight is 299 g/mol. The van der Waals surface area contributed by atoms with Gasteiger partial charge in [-0.1, -0.05) is 18.2 Å². The zero-order valence-electron chi connectivity index (χ0n) is 11.1. The molecule has 2 heterocycles. The van der Waals surface area contributed by atoms with Gasteiger partial charge in [0.25, 0.3) is 0 Å². The second kappa shape index (κ2) is 6.19. The lowest BCUT2D eigenvalue weighted by molar-refractivity contribution is 0.262. The zero-order valence-corrected chi connectivity index (χ0v) is 11.9. The lowest BCUT2D eigenvalue weighted by Gasteiger charge is -2.11. The molecule has 3 rings (SSSR count). The highest BCUT2D eigenvalue weighted by Crippen LogP contribution is 2.17. The summed E-state index contributed by atoms with van der Waals surface area (Å²) in [6.07, 6.45) is 3.13. The first kappa shape index (κ1) is 13.3. The minimum atomic E-state index is -0.264. The number of hydrogen-bond acceptors (Lipinski definition) is 4. The number of anilines is 2. The van der Waals surface area contributed by atoms with Gasteiger partial charge in [0.2, 0.25) is 0 Å². The number of urea groups is 1. The van der Waals surface area contributed by atoms with E-state index in [1.807, 2.05) is 41.1 Å². The summed E-state index contributed by atoms with van der Waals surface area (Å²) < 4.78 is 1.71. The molecule has 6 nitrogen and oxygen atoms in total. The monoisotopic (exact) mass is 299 g/mol.